The highest BCUT2D eigenvalue weighted by molar-refractivity contribution is 5.89. The number of para-hydroxylation sites is 1. The van der Waals surface area contributed by atoms with Crippen LogP contribution in [0.4, 0.5) is 0 Å². The molecule has 88 valence electrons. The van der Waals surface area contributed by atoms with Crippen LogP contribution in [0.5, 0.6) is 0 Å². The second-order valence-electron chi connectivity index (χ2n) is 4.44. The summed E-state index contributed by atoms with van der Waals surface area (Å²) in [5.41, 5.74) is 2.04. The van der Waals surface area contributed by atoms with E-state index in [1.165, 1.54) is 0 Å². The molecule has 2 nitrogen and oxygen atoms in total. The average Bonchev–Trinajstić information content (AvgIpc) is 2.38. The summed E-state index contributed by atoms with van der Waals surface area (Å²) in [6.07, 6.45) is 3.20. The van der Waals surface area contributed by atoms with E-state index in [1.54, 1.807) is 6.20 Å². The van der Waals surface area contributed by atoms with Crippen molar-refractivity contribution >= 4 is 16.7 Å². The Bertz CT molecular complexity index is 528. The number of rotatable bonds is 4. The normalized spacial score (nSPS) is 12.6. The van der Waals surface area contributed by atoms with Crippen molar-refractivity contribution in [2.45, 2.75) is 26.7 Å². The van der Waals surface area contributed by atoms with Gasteiger partial charge in [-0.05, 0) is 24.1 Å². The van der Waals surface area contributed by atoms with Crippen molar-refractivity contribution in [1.29, 1.82) is 0 Å². The summed E-state index contributed by atoms with van der Waals surface area (Å²) in [5, 5.41) is 1.09. The van der Waals surface area contributed by atoms with Crippen LogP contribution >= 0.6 is 0 Å². The van der Waals surface area contributed by atoms with Crippen molar-refractivity contribution in [2.75, 3.05) is 0 Å². The van der Waals surface area contributed by atoms with Crippen molar-refractivity contribution in [1.82, 2.24) is 4.98 Å². The minimum atomic E-state index is 0.141. The molecular formula is C15H17NO. The highest BCUT2D eigenvalue weighted by atomic mass is 16.1. The largest absolute Gasteiger partial charge is 0.299 e. The molecule has 1 aromatic carbocycles. The minimum absolute atomic E-state index is 0.141. The first-order valence-electron chi connectivity index (χ1n) is 6.07. The molecule has 0 bridgehead atoms. The van der Waals surface area contributed by atoms with Crippen molar-refractivity contribution in [2.24, 2.45) is 5.92 Å². The van der Waals surface area contributed by atoms with Gasteiger partial charge in [0.1, 0.15) is 5.78 Å². The second-order valence-corrected chi connectivity index (χ2v) is 4.44. The molecule has 0 aliphatic carbocycles. The van der Waals surface area contributed by atoms with Crippen LogP contribution in [0.2, 0.25) is 0 Å². The van der Waals surface area contributed by atoms with Gasteiger partial charge in [0.05, 0.1) is 5.52 Å². The Hall–Kier alpha value is -1.70. The smallest absolute Gasteiger partial charge is 0.140 e. The van der Waals surface area contributed by atoms with E-state index in [1.807, 2.05) is 44.2 Å². The van der Waals surface area contributed by atoms with Crippen LogP contribution in [0.1, 0.15) is 25.8 Å². The van der Waals surface area contributed by atoms with E-state index in [0.717, 1.165) is 22.9 Å². The Balaban J connectivity index is 2.33. The molecule has 1 unspecified atom stereocenters. The predicted octanol–water partition coefficient (Wildman–Crippen LogP) is 3.39. The molecular weight excluding hydrogens is 210 g/mol. The van der Waals surface area contributed by atoms with Crippen LogP contribution in [-0.2, 0) is 11.2 Å². The Morgan fingerprint density at radius 3 is 2.82 bits per heavy atom. The lowest BCUT2D eigenvalue weighted by molar-refractivity contribution is -0.121. The van der Waals surface area contributed by atoms with Gasteiger partial charge >= 0.3 is 0 Å². The Morgan fingerprint density at radius 1 is 1.29 bits per heavy atom. The fourth-order valence-electron chi connectivity index (χ4n) is 1.90. The van der Waals surface area contributed by atoms with Gasteiger partial charge in [-0.2, -0.15) is 0 Å². The SMILES string of the molecule is CCC(C)C(=O)Cc1ccnc2ccccc12. The summed E-state index contributed by atoms with van der Waals surface area (Å²) in [5.74, 6) is 0.450. The molecule has 2 rings (SSSR count). The summed E-state index contributed by atoms with van der Waals surface area (Å²) in [7, 11) is 0. The highest BCUT2D eigenvalue weighted by Gasteiger charge is 2.12. The van der Waals surface area contributed by atoms with Crippen LogP contribution in [0.15, 0.2) is 36.5 Å². The number of benzene rings is 1. The molecule has 0 saturated heterocycles. The number of fused-ring (bicyclic) bond motifs is 1. The molecule has 1 aromatic heterocycles. The lowest BCUT2D eigenvalue weighted by Gasteiger charge is -2.09. The maximum atomic E-state index is 12.0. The van der Waals surface area contributed by atoms with Gasteiger partial charge in [-0.25, -0.2) is 0 Å². The van der Waals surface area contributed by atoms with Gasteiger partial charge in [-0.15, -0.1) is 0 Å². The number of Topliss-reactive ketones (excluding diaryl/α,β-unsaturated/α-hetero) is 1. The molecule has 2 heteroatoms. The zero-order chi connectivity index (χ0) is 12.3. The summed E-state index contributed by atoms with van der Waals surface area (Å²) < 4.78 is 0. The molecule has 0 N–H and O–H groups in total. The Morgan fingerprint density at radius 2 is 2.06 bits per heavy atom. The topological polar surface area (TPSA) is 30.0 Å². The fourth-order valence-corrected chi connectivity index (χ4v) is 1.90. The zero-order valence-corrected chi connectivity index (χ0v) is 10.3. The highest BCUT2D eigenvalue weighted by Crippen LogP contribution is 2.18. The number of pyridine rings is 1. The lowest BCUT2D eigenvalue weighted by Crippen LogP contribution is -2.12. The number of ketones is 1. The molecule has 17 heavy (non-hydrogen) atoms. The quantitative estimate of drug-likeness (QED) is 0.801. The van der Waals surface area contributed by atoms with Crippen LogP contribution in [0, 0.1) is 5.92 Å². The van der Waals surface area contributed by atoms with Gasteiger partial charge in [-0.1, -0.05) is 32.0 Å². The van der Waals surface area contributed by atoms with Crippen LogP contribution in [-0.4, -0.2) is 10.8 Å². The van der Waals surface area contributed by atoms with E-state index in [-0.39, 0.29) is 5.92 Å². The minimum Gasteiger partial charge on any atom is -0.299 e. The van der Waals surface area contributed by atoms with E-state index in [9.17, 15) is 4.79 Å². The van der Waals surface area contributed by atoms with Gasteiger partial charge in [0.2, 0.25) is 0 Å². The van der Waals surface area contributed by atoms with Gasteiger partial charge in [0.25, 0.3) is 0 Å². The molecule has 0 saturated carbocycles. The first-order chi connectivity index (χ1) is 8.22. The van der Waals surface area contributed by atoms with E-state index in [0.29, 0.717) is 12.2 Å². The molecule has 0 amide bonds. The van der Waals surface area contributed by atoms with Crippen molar-refractivity contribution in [3.63, 3.8) is 0 Å². The molecule has 0 fully saturated rings. The number of carbonyl (C=O) groups excluding carboxylic acids is 1. The molecule has 0 spiro atoms. The van der Waals surface area contributed by atoms with Crippen LogP contribution in [0.3, 0.4) is 0 Å². The maximum Gasteiger partial charge on any atom is 0.140 e. The number of aromatic nitrogens is 1. The zero-order valence-electron chi connectivity index (χ0n) is 10.3. The fraction of sp³-hybridized carbons (Fsp3) is 0.333. The molecule has 0 aliphatic rings. The maximum absolute atomic E-state index is 12.0. The molecule has 0 radical (unpaired) electrons. The summed E-state index contributed by atoms with van der Waals surface area (Å²) in [4.78, 5) is 16.3. The summed E-state index contributed by atoms with van der Waals surface area (Å²) in [6.45, 7) is 4.04. The first-order valence-corrected chi connectivity index (χ1v) is 6.07. The molecule has 1 atom stereocenters. The third-order valence-corrected chi connectivity index (χ3v) is 3.27. The van der Waals surface area contributed by atoms with Crippen molar-refractivity contribution in [3.05, 3.63) is 42.1 Å². The first kappa shape index (κ1) is 11.8. The Kier molecular flexibility index (Phi) is 3.52. The predicted molar refractivity (Wildman–Crippen MR) is 69.9 cm³/mol. The Labute approximate surface area is 102 Å². The van der Waals surface area contributed by atoms with Crippen LogP contribution < -0.4 is 0 Å². The van der Waals surface area contributed by atoms with Crippen LogP contribution in [0.25, 0.3) is 10.9 Å². The van der Waals surface area contributed by atoms with E-state index in [4.69, 9.17) is 0 Å². The van der Waals surface area contributed by atoms with Gasteiger partial charge in [-0.3, -0.25) is 9.78 Å². The molecule has 2 aromatic rings. The summed E-state index contributed by atoms with van der Waals surface area (Å²) in [6, 6.07) is 9.91. The number of nitrogens with zero attached hydrogens (tertiary/aromatic N) is 1. The standard InChI is InChI=1S/C15H17NO/c1-3-11(2)15(17)10-12-8-9-16-14-7-5-4-6-13(12)14/h4-9,11H,3,10H2,1-2H3. The third-order valence-electron chi connectivity index (χ3n) is 3.27. The molecule has 0 aliphatic heterocycles. The summed E-state index contributed by atoms with van der Waals surface area (Å²) >= 11 is 0. The van der Waals surface area contributed by atoms with E-state index < -0.39 is 0 Å². The van der Waals surface area contributed by atoms with E-state index in [2.05, 4.69) is 4.98 Å². The van der Waals surface area contributed by atoms with Crippen molar-refractivity contribution < 1.29 is 4.79 Å². The van der Waals surface area contributed by atoms with Gasteiger partial charge in [0, 0.05) is 23.9 Å². The van der Waals surface area contributed by atoms with Gasteiger partial charge < -0.3 is 0 Å². The number of hydrogen-bond donors (Lipinski definition) is 0. The van der Waals surface area contributed by atoms with Crippen molar-refractivity contribution in [3.8, 4) is 0 Å². The monoisotopic (exact) mass is 227 g/mol. The van der Waals surface area contributed by atoms with E-state index >= 15 is 0 Å². The second kappa shape index (κ2) is 5.09. The number of carbonyl (C=O) groups is 1. The van der Waals surface area contributed by atoms with Gasteiger partial charge in [0.15, 0.2) is 0 Å². The lowest BCUT2D eigenvalue weighted by atomic mass is 9.96. The number of hydrogen-bond acceptors (Lipinski definition) is 2. The molecule has 1 heterocycles. The third kappa shape index (κ3) is 2.52. The average molecular weight is 227 g/mol.